The number of amidine groups is 1. The summed E-state index contributed by atoms with van der Waals surface area (Å²) in [5.41, 5.74) is 2.60. The van der Waals surface area contributed by atoms with E-state index in [1.165, 1.54) is 13.4 Å². The molecule has 3 unspecified atom stereocenters. The summed E-state index contributed by atoms with van der Waals surface area (Å²) in [5.74, 6) is 1.86. The van der Waals surface area contributed by atoms with E-state index in [2.05, 4.69) is 15.3 Å². The number of nitrogens with one attached hydrogen (secondary N) is 1. The normalized spacial score (nSPS) is 17.2. The minimum absolute atomic E-state index is 0.00157. The largest absolute Gasteiger partial charge is 0.497 e. The fraction of sp³-hybridized carbons (Fsp3) is 0.366. The highest BCUT2D eigenvalue weighted by molar-refractivity contribution is 5.92. The lowest BCUT2D eigenvalue weighted by Gasteiger charge is -2.37. The lowest BCUT2D eigenvalue weighted by atomic mass is 9.80. The van der Waals surface area contributed by atoms with Gasteiger partial charge in [0.2, 0.25) is 5.91 Å². The molecule has 0 saturated carbocycles. The molecule has 3 aromatic carbocycles. The van der Waals surface area contributed by atoms with E-state index in [-0.39, 0.29) is 31.8 Å². The van der Waals surface area contributed by atoms with Gasteiger partial charge in [0.25, 0.3) is 0 Å². The monoisotopic (exact) mass is 749 g/mol. The van der Waals surface area contributed by atoms with E-state index in [4.69, 9.17) is 33.8 Å². The zero-order chi connectivity index (χ0) is 39.1. The number of aromatic nitrogens is 4. The molecule has 0 aliphatic carbocycles. The van der Waals surface area contributed by atoms with E-state index < -0.39 is 30.0 Å². The Bertz CT molecular complexity index is 2070. The maximum Gasteiger partial charge on any atom is 0.306 e. The van der Waals surface area contributed by atoms with Gasteiger partial charge in [0.15, 0.2) is 17.7 Å². The van der Waals surface area contributed by atoms with Crippen molar-refractivity contribution in [3.05, 3.63) is 108 Å². The molecule has 1 saturated heterocycles. The van der Waals surface area contributed by atoms with Crippen LogP contribution < -0.4 is 14.8 Å². The number of aryl methyl sites for hydroxylation is 1. The van der Waals surface area contributed by atoms with Crippen molar-refractivity contribution in [3.8, 4) is 11.5 Å². The summed E-state index contributed by atoms with van der Waals surface area (Å²) in [7, 11) is 8.60. The van der Waals surface area contributed by atoms with Crippen LogP contribution in [0.1, 0.15) is 54.8 Å². The molecule has 14 nitrogen and oxygen atoms in total. The van der Waals surface area contributed by atoms with Gasteiger partial charge in [-0.15, -0.1) is 0 Å². The zero-order valence-electron chi connectivity index (χ0n) is 32.2. The van der Waals surface area contributed by atoms with Gasteiger partial charge in [0, 0.05) is 34.0 Å². The first kappa shape index (κ1) is 38.9. The van der Waals surface area contributed by atoms with Gasteiger partial charge in [-0.1, -0.05) is 54.6 Å². The molecule has 1 amide bonds. The molecule has 1 aliphatic heterocycles. The minimum atomic E-state index is -1.14. The number of esters is 1. The zero-order valence-corrected chi connectivity index (χ0v) is 32.2. The number of methoxy groups -OCH3 is 2. The first-order valence-corrected chi connectivity index (χ1v) is 18.0. The number of carbonyl (C=O) groups excluding carboxylic acids is 2. The first-order valence-electron chi connectivity index (χ1n) is 18.0. The van der Waals surface area contributed by atoms with Gasteiger partial charge in [0.05, 0.1) is 38.3 Å². The van der Waals surface area contributed by atoms with Crippen molar-refractivity contribution < 1.29 is 33.3 Å². The number of rotatable bonds is 14. The van der Waals surface area contributed by atoms with Crippen LogP contribution in [0.4, 0.5) is 5.82 Å². The van der Waals surface area contributed by atoms with Crippen LogP contribution in [0.25, 0.3) is 11.0 Å². The third-order valence-electron chi connectivity index (χ3n) is 9.77. The lowest BCUT2D eigenvalue weighted by molar-refractivity contribution is -0.156. The Morgan fingerprint density at radius 2 is 1.55 bits per heavy atom. The van der Waals surface area contributed by atoms with Crippen LogP contribution in [-0.2, 0) is 29.4 Å². The van der Waals surface area contributed by atoms with Gasteiger partial charge in [0.1, 0.15) is 41.5 Å². The van der Waals surface area contributed by atoms with Gasteiger partial charge in [-0.05, 0) is 54.8 Å². The molecule has 1 N–H and O–H groups in total. The van der Waals surface area contributed by atoms with Gasteiger partial charge >= 0.3 is 5.97 Å². The Kier molecular flexibility index (Phi) is 12.1. The average Bonchev–Trinajstić information content (AvgIpc) is 3.77. The molecular weight excluding hydrogens is 702 g/mol. The fourth-order valence-corrected chi connectivity index (χ4v) is 6.64. The number of carbonyl (C=O) groups is 2. The number of hydrogen-bond donors (Lipinski definition) is 1. The van der Waals surface area contributed by atoms with E-state index in [0.717, 1.165) is 22.5 Å². The summed E-state index contributed by atoms with van der Waals surface area (Å²) in [6.07, 6.45) is -0.583. The second-order valence-electron chi connectivity index (χ2n) is 13.4. The van der Waals surface area contributed by atoms with Crippen molar-refractivity contribution in [2.24, 2.45) is 4.99 Å². The minimum Gasteiger partial charge on any atom is -0.497 e. The summed E-state index contributed by atoms with van der Waals surface area (Å²) in [5, 5.41) is 8.07. The van der Waals surface area contributed by atoms with Crippen LogP contribution >= 0.6 is 0 Å². The van der Waals surface area contributed by atoms with E-state index >= 15 is 0 Å². The Hall–Kier alpha value is -5.86. The highest BCUT2D eigenvalue weighted by Crippen LogP contribution is 2.43. The highest BCUT2D eigenvalue weighted by atomic mass is 16.6. The van der Waals surface area contributed by atoms with Crippen molar-refractivity contribution in [2.75, 3.05) is 42.0 Å². The molecular formula is C41H47N7O7. The van der Waals surface area contributed by atoms with E-state index in [1.807, 2.05) is 112 Å². The van der Waals surface area contributed by atoms with Crippen molar-refractivity contribution in [3.63, 3.8) is 0 Å². The summed E-state index contributed by atoms with van der Waals surface area (Å²) >= 11 is 0. The van der Waals surface area contributed by atoms with Crippen LogP contribution in [0.5, 0.6) is 11.5 Å². The van der Waals surface area contributed by atoms with E-state index in [1.54, 1.807) is 18.9 Å². The fourth-order valence-electron chi connectivity index (χ4n) is 6.64. The molecule has 6 rings (SSSR count). The Morgan fingerprint density at radius 1 is 0.927 bits per heavy atom. The first-order chi connectivity index (χ1) is 26.6. The maximum atomic E-state index is 13.2. The second kappa shape index (κ2) is 17.1. The van der Waals surface area contributed by atoms with Crippen LogP contribution in [0.3, 0.4) is 0 Å². The molecule has 0 bridgehead atoms. The molecule has 1 aliphatic rings. The van der Waals surface area contributed by atoms with Crippen molar-refractivity contribution >= 4 is 34.6 Å². The SMILES string of the molecule is CNC(=O)CCC(=O)OC1CC(n2nc(C)c3c(/N=C(\C)N(C)C)ncnc32)OC1COC(c1ccccc1)(c1ccc(OC)cc1)c1ccc(OC)cc1. The number of hydrogen-bond acceptors (Lipinski definition) is 11. The summed E-state index contributed by atoms with van der Waals surface area (Å²) in [6.45, 7) is 3.77. The number of nitrogens with zero attached hydrogens (tertiary/aromatic N) is 6. The number of aliphatic imine (C=N–C) groups is 1. The van der Waals surface area contributed by atoms with Crippen LogP contribution in [0, 0.1) is 6.92 Å². The third kappa shape index (κ3) is 8.30. The van der Waals surface area contributed by atoms with Crippen LogP contribution in [0.2, 0.25) is 0 Å². The average molecular weight is 750 g/mol. The van der Waals surface area contributed by atoms with E-state index in [0.29, 0.717) is 34.0 Å². The second-order valence-corrected chi connectivity index (χ2v) is 13.4. The molecule has 5 aromatic rings. The molecule has 55 heavy (non-hydrogen) atoms. The molecule has 1 fully saturated rings. The summed E-state index contributed by atoms with van der Waals surface area (Å²) in [6, 6.07) is 25.4. The predicted molar refractivity (Wildman–Crippen MR) is 206 cm³/mol. The molecule has 3 atom stereocenters. The van der Waals surface area contributed by atoms with Crippen LogP contribution in [0.15, 0.2) is 90.2 Å². The standard InChI is InChI=1S/C41H47N7O7/c1-26-38-39(45-27(2)47(4)5)43-25-44-40(38)48(46-26)36-23-33(55-37(50)22-21-35(49)42-3)34(54-36)24-53-41(28-11-9-8-10-12-28,29-13-17-31(51-6)18-14-29)30-15-19-32(52-7)20-16-30/h8-20,25,33-34,36H,21-24H2,1-7H3,(H,42,49)/b45-27+. The smallest absolute Gasteiger partial charge is 0.306 e. The molecule has 0 radical (unpaired) electrons. The molecule has 3 heterocycles. The Labute approximate surface area is 320 Å². The van der Waals surface area contributed by atoms with Gasteiger partial charge in [-0.3, -0.25) is 9.59 Å². The molecule has 288 valence electrons. The van der Waals surface area contributed by atoms with Gasteiger partial charge in [-0.2, -0.15) is 5.10 Å². The molecule has 14 heteroatoms. The predicted octanol–water partition coefficient (Wildman–Crippen LogP) is 5.50. The van der Waals surface area contributed by atoms with Crippen LogP contribution in [-0.4, -0.2) is 96.5 Å². The van der Waals surface area contributed by atoms with E-state index in [9.17, 15) is 9.59 Å². The maximum absolute atomic E-state index is 13.2. The van der Waals surface area contributed by atoms with Crippen molar-refractivity contribution in [1.29, 1.82) is 0 Å². The Balaban J connectivity index is 1.40. The van der Waals surface area contributed by atoms with Gasteiger partial charge in [-0.25, -0.2) is 19.6 Å². The summed E-state index contributed by atoms with van der Waals surface area (Å²) < 4.78 is 32.7. The number of ether oxygens (including phenoxy) is 5. The Morgan fingerprint density at radius 3 is 2.13 bits per heavy atom. The number of amides is 1. The quantitative estimate of drug-likeness (QED) is 0.0664. The molecule has 0 spiro atoms. The third-order valence-corrected chi connectivity index (χ3v) is 9.77. The lowest BCUT2D eigenvalue weighted by Crippen LogP contribution is -2.39. The van der Waals surface area contributed by atoms with Crippen molar-refractivity contribution in [1.82, 2.24) is 30.0 Å². The highest BCUT2D eigenvalue weighted by Gasteiger charge is 2.44. The topological polar surface area (TPSA) is 152 Å². The summed E-state index contributed by atoms with van der Waals surface area (Å²) in [4.78, 5) is 40.9. The molecule has 2 aromatic heterocycles. The number of benzene rings is 3. The van der Waals surface area contributed by atoms with Gasteiger partial charge < -0.3 is 33.9 Å². The number of fused-ring (bicyclic) bond motifs is 1. The van der Waals surface area contributed by atoms with Crippen molar-refractivity contribution in [2.45, 2.75) is 57.1 Å².